The zero-order valence-electron chi connectivity index (χ0n) is 6.67. The van der Waals surface area contributed by atoms with Gasteiger partial charge in [0.15, 0.2) is 11.6 Å². The smallest absolute Gasteiger partial charge is 0.385 e. The Bertz CT molecular complexity index is 339. The molecule has 0 saturated carbocycles. The number of diazo groups is 1. The van der Waals surface area contributed by atoms with Crippen LogP contribution in [0.3, 0.4) is 0 Å². The average Bonchev–Trinajstić information content (AvgIpc) is 2.15. The molecule has 0 radical (unpaired) electrons. The molecular formula is C8H7N2O3+. The van der Waals surface area contributed by atoms with Gasteiger partial charge in [-0.3, -0.25) is 0 Å². The summed E-state index contributed by atoms with van der Waals surface area (Å²) in [4.78, 5) is 13.0. The lowest BCUT2D eigenvalue weighted by atomic mass is 10.3. The Balaban J connectivity index is 2.60. The topological polar surface area (TPSA) is 74.7 Å². The second-order valence-corrected chi connectivity index (χ2v) is 2.28. The van der Waals surface area contributed by atoms with Gasteiger partial charge in [0.05, 0.1) is 0 Å². The molecule has 0 amide bonds. The normalized spacial score (nSPS) is 8.85. The minimum atomic E-state index is -1.03. The first kappa shape index (κ1) is 9.00. The van der Waals surface area contributed by atoms with E-state index in [-0.39, 0.29) is 6.61 Å². The average molecular weight is 179 g/mol. The molecule has 0 unspecified atom stereocenters. The molecule has 1 aromatic rings. The molecule has 0 saturated heterocycles. The van der Waals surface area contributed by atoms with Crippen molar-refractivity contribution < 1.29 is 14.6 Å². The van der Waals surface area contributed by atoms with Crippen LogP contribution >= 0.6 is 0 Å². The van der Waals surface area contributed by atoms with E-state index in [1.807, 2.05) is 0 Å². The summed E-state index contributed by atoms with van der Waals surface area (Å²) >= 11 is 0. The van der Waals surface area contributed by atoms with E-state index in [0.29, 0.717) is 11.4 Å². The fraction of sp³-hybridized carbons (Fsp3) is 0.125. The van der Waals surface area contributed by atoms with Crippen molar-refractivity contribution >= 4 is 11.7 Å². The molecule has 0 bridgehead atoms. The maximum atomic E-state index is 10.1. The van der Waals surface area contributed by atoms with E-state index in [1.165, 1.54) is 24.3 Å². The van der Waals surface area contributed by atoms with Gasteiger partial charge in [-0.1, -0.05) is 0 Å². The van der Waals surface area contributed by atoms with E-state index in [0.717, 1.165) is 0 Å². The Morgan fingerprint density at radius 1 is 1.46 bits per heavy atom. The van der Waals surface area contributed by atoms with Crippen LogP contribution in [0.4, 0.5) is 5.69 Å². The molecule has 66 valence electrons. The summed E-state index contributed by atoms with van der Waals surface area (Å²) in [5, 5.41) is 16.6. The van der Waals surface area contributed by atoms with Crippen LogP contribution < -0.4 is 4.74 Å². The largest absolute Gasteiger partial charge is 0.482 e. The highest BCUT2D eigenvalue weighted by Gasteiger charge is 2.04. The molecule has 1 rings (SSSR count). The quantitative estimate of drug-likeness (QED) is 0.715. The van der Waals surface area contributed by atoms with Gasteiger partial charge in [0.2, 0.25) is 5.39 Å². The minimum absolute atomic E-state index is 0.379. The van der Waals surface area contributed by atoms with Crippen molar-refractivity contribution in [2.24, 2.45) is 0 Å². The highest BCUT2D eigenvalue weighted by atomic mass is 16.5. The van der Waals surface area contributed by atoms with Gasteiger partial charge in [-0.15, -0.1) is 0 Å². The molecule has 1 N–H and O–H groups in total. The van der Waals surface area contributed by atoms with Crippen molar-refractivity contribution in [2.75, 3.05) is 6.61 Å². The highest BCUT2D eigenvalue weighted by molar-refractivity contribution is 5.68. The van der Waals surface area contributed by atoms with Crippen LogP contribution in [0.2, 0.25) is 0 Å². The standard InChI is InChI=1S/C8H6N2O3/c9-10-6-1-3-7(4-2-6)13-5-8(11)12/h1-4H,5H2/p+1. The predicted molar refractivity (Wildman–Crippen MR) is 44.3 cm³/mol. The maximum absolute atomic E-state index is 10.1. The van der Waals surface area contributed by atoms with Crippen molar-refractivity contribution in [3.63, 3.8) is 0 Å². The molecule has 0 aromatic heterocycles. The Morgan fingerprint density at radius 2 is 2.08 bits per heavy atom. The third-order valence-electron chi connectivity index (χ3n) is 1.31. The molecule has 0 aliphatic heterocycles. The number of carboxylic acid groups (broad SMARTS) is 1. The van der Waals surface area contributed by atoms with Gasteiger partial charge in [-0.2, -0.15) is 0 Å². The van der Waals surface area contributed by atoms with Crippen LogP contribution in [0.25, 0.3) is 4.98 Å². The second kappa shape index (κ2) is 4.07. The molecule has 0 spiro atoms. The minimum Gasteiger partial charge on any atom is -0.482 e. The molecule has 0 heterocycles. The first-order chi connectivity index (χ1) is 6.22. The van der Waals surface area contributed by atoms with Crippen LogP contribution in [0.5, 0.6) is 5.75 Å². The summed E-state index contributed by atoms with van der Waals surface area (Å²) in [7, 11) is 0. The van der Waals surface area contributed by atoms with Gasteiger partial charge in [-0.05, 0) is 12.1 Å². The third-order valence-corrected chi connectivity index (χ3v) is 1.31. The first-order valence-corrected chi connectivity index (χ1v) is 3.52. The van der Waals surface area contributed by atoms with Crippen LogP contribution in [-0.4, -0.2) is 17.7 Å². The number of aliphatic carboxylic acids is 1. The molecule has 0 atom stereocenters. The number of carboxylic acids is 1. The van der Waals surface area contributed by atoms with Crippen molar-refractivity contribution in [1.29, 1.82) is 5.39 Å². The summed E-state index contributed by atoms with van der Waals surface area (Å²) in [6.07, 6.45) is 0. The van der Waals surface area contributed by atoms with E-state index in [9.17, 15) is 4.79 Å². The molecular weight excluding hydrogens is 172 g/mol. The molecule has 1 aromatic carbocycles. The molecule has 5 nitrogen and oxygen atoms in total. The number of hydrogen-bond donors (Lipinski definition) is 1. The van der Waals surface area contributed by atoms with E-state index in [2.05, 4.69) is 4.98 Å². The summed E-state index contributed by atoms with van der Waals surface area (Å²) in [6, 6.07) is 6.07. The number of benzene rings is 1. The fourth-order valence-corrected chi connectivity index (χ4v) is 0.754. The Labute approximate surface area is 74.2 Å². The zero-order chi connectivity index (χ0) is 9.68. The zero-order valence-corrected chi connectivity index (χ0v) is 6.67. The van der Waals surface area contributed by atoms with E-state index < -0.39 is 5.97 Å². The van der Waals surface area contributed by atoms with Gasteiger partial charge in [0, 0.05) is 12.1 Å². The maximum Gasteiger partial charge on any atom is 0.385 e. The van der Waals surface area contributed by atoms with Crippen molar-refractivity contribution in [2.45, 2.75) is 0 Å². The van der Waals surface area contributed by atoms with Gasteiger partial charge in [0.25, 0.3) is 0 Å². The summed E-state index contributed by atoms with van der Waals surface area (Å²) in [5.41, 5.74) is 0.391. The number of nitrogens with zero attached hydrogens (tertiary/aromatic N) is 2. The lowest BCUT2D eigenvalue weighted by Crippen LogP contribution is -2.09. The van der Waals surface area contributed by atoms with Crippen molar-refractivity contribution in [3.05, 3.63) is 29.2 Å². The number of carbonyl (C=O) groups is 1. The molecule has 0 aliphatic carbocycles. The predicted octanol–water partition coefficient (Wildman–Crippen LogP) is 1.63. The fourth-order valence-electron chi connectivity index (χ4n) is 0.754. The molecule has 0 aliphatic rings. The Hall–Kier alpha value is -2.09. The van der Waals surface area contributed by atoms with Gasteiger partial charge in [0.1, 0.15) is 5.75 Å². The second-order valence-electron chi connectivity index (χ2n) is 2.28. The Morgan fingerprint density at radius 3 is 2.54 bits per heavy atom. The summed E-state index contributed by atoms with van der Waals surface area (Å²) in [6.45, 7) is -0.379. The van der Waals surface area contributed by atoms with Crippen molar-refractivity contribution in [1.82, 2.24) is 0 Å². The lowest BCUT2D eigenvalue weighted by molar-refractivity contribution is -0.139. The molecule has 5 heteroatoms. The van der Waals surface area contributed by atoms with Crippen LogP contribution in [-0.2, 0) is 4.79 Å². The lowest BCUT2D eigenvalue weighted by Gasteiger charge is -1.99. The SMILES string of the molecule is N#[N+]c1ccc(OCC(=O)O)cc1. The first-order valence-electron chi connectivity index (χ1n) is 3.52. The number of hydrogen-bond acceptors (Lipinski definition) is 3. The van der Waals surface area contributed by atoms with Crippen LogP contribution in [0, 0.1) is 5.39 Å². The number of ether oxygens (including phenoxy) is 1. The van der Waals surface area contributed by atoms with E-state index in [4.69, 9.17) is 15.2 Å². The monoisotopic (exact) mass is 179 g/mol. The third kappa shape index (κ3) is 2.79. The Kier molecular flexibility index (Phi) is 2.82. The molecule has 0 fully saturated rings. The summed E-state index contributed by atoms with van der Waals surface area (Å²) in [5.74, 6) is -0.606. The van der Waals surface area contributed by atoms with Gasteiger partial charge < -0.3 is 9.84 Å². The van der Waals surface area contributed by atoms with Crippen LogP contribution in [0.1, 0.15) is 0 Å². The highest BCUT2D eigenvalue weighted by Crippen LogP contribution is 2.17. The number of rotatable bonds is 3. The van der Waals surface area contributed by atoms with Crippen molar-refractivity contribution in [3.8, 4) is 5.75 Å². The van der Waals surface area contributed by atoms with Gasteiger partial charge >= 0.3 is 11.7 Å². The summed E-state index contributed by atoms with van der Waals surface area (Å²) < 4.78 is 4.84. The molecule has 13 heavy (non-hydrogen) atoms. The van der Waals surface area contributed by atoms with E-state index in [1.54, 1.807) is 0 Å². The van der Waals surface area contributed by atoms with Crippen LogP contribution in [0.15, 0.2) is 24.3 Å². The van der Waals surface area contributed by atoms with Gasteiger partial charge in [-0.25, -0.2) is 4.79 Å². The van der Waals surface area contributed by atoms with E-state index >= 15 is 0 Å².